The van der Waals surface area contributed by atoms with Crippen molar-refractivity contribution in [3.05, 3.63) is 53.4 Å². The van der Waals surface area contributed by atoms with Crippen molar-refractivity contribution >= 4 is 33.7 Å². The van der Waals surface area contributed by atoms with Gasteiger partial charge in [-0.1, -0.05) is 23.5 Å². The number of thiazole rings is 1. The van der Waals surface area contributed by atoms with Gasteiger partial charge in [0, 0.05) is 12.1 Å². The fourth-order valence-electron chi connectivity index (χ4n) is 1.81. The van der Waals surface area contributed by atoms with Crippen molar-refractivity contribution in [1.82, 2.24) is 0 Å². The first kappa shape index (κ1) is 10.3. The minimum absolute atomic E-state index is 0.877. The molecule has 0 spiro atoms. The molecular formula is C14H12NOS+. The van der Waals surface area contributed by atoms with Gasteiger partial charge in [-0.05, 0) is 24.3 Å². The lowest BCUT2D eigenvalue weighted by atomic mass is 10.3. The van der Waals surface area contributed by atoms with Gasteiger partial charge in [-0.15, -0.1) is 0 Å². The van der Waals surface area contributed by atoms with Gasteiger partial charge in [-0.2, -0.15) is 4.57 Å². The number of hydrogen-bond donors (Lipinski definition) is 0. The summed E-state index contributed by atoms with van der Waals surface area (Å²) in [5, 5.41) is 1.21. The van der Waals surface area contributed by atoms with Crippen molar-refractivity contribution in [1.29, 1.82) is 0 Å². The molecule has 0 aliphatic heterocycles. The Labute approximate surface area is 103 Å². The smallest absolute Gasteiger partial charge is 0.262 e. The van der Waals surface area contributed by atoms with Gasteiger partial charge in [-0.3, -0.25) is 0 Å². The Hall–Kier alpha value is -1.87. The van der Waals surface area contributed by atoms with Crippen LogP contribution in [0.4, 0.5) is 0 Å². The molecule has 0 radical (unpaired) electrons. The van der Waals surface area contributed by atoms with E-state index >= 15 is 0 Å². The molecule has 17 heavy (non-hydrogen) atoms. The first-order valence-electron chi connectivity index (χ1n) is 5.44. The zero-order chi connectivity index (χ0) is 11.7. The Morgan fingerprint density at radius 3 is 2.76 bits per heavy atom. The lowest BCUT2D eigenvalue weighted by Gasteiger charge is -1.85. The first-order chi connectivity index (χ1) is 8.34. The van der Waals surface area contributed by atoms with Gasteiger partial charge in [-0.25, -0.2) is 0 Å². The van der Waals surface area contributed by atoms with Crippen LogP contribution in [0.3, 0.4) is 0 Å². The van der Waals surface area contributed by atoms with Crippen molar-refractivity contribution in [2.24, 2.45) is 7.05 Å². The second kappa shape index (κ2) is 4.18. The molecule has 2 nitrogen and oxygen atoms in total. The van der Waals surface area contributed by atoms with Crippen LogP contribution in [-0.4, -0.2) is 0 Å². The van der Waals surface area contributed by atoms with E-state index in [0.717, 1.165) is 5.76 Å². The molecule has 0 atom stereocenters. The molecule has 2 aromatic heterocycles. The molecule has 3 aromatic rings. The number of aromatic nitrogens is 1. The van der Waals surface area contributed by atoms with E-state index in [-0.39, 0.29) is 0 Å². The van der Waals surface area contributed by atoms with Crippen molar-refractivity contribution in [3.8, 4) is 0 Å². The maximum atomic E-state index is 5.28. The van der Waals surface area contributed by atoms with Crippen LogP contribution in [0.2, 0.25) is 0 Å². The summed E-state index contributed by atoms with van der Waals surface area (Å²) >= 11 is 1.78. The summed E-state index contributed by atoms with van der Waals surface area (Å²) in [5.74, 6) is 0.877. The van der Waals surface area contributed by atoms with E-state index in [9.17, 15) is 0 Å². The topological polar surface area (TPSA) is 17.0 Å². The summed E-state index contributed by atoms with van der Waals surface area (Å²) in [4.78, 5) is 0. The number of furan rings is 1. The maximum absolute atomic E-state index is 5.28. The predicted octanol–water partition coefficient (Wildman–Crippen LogP) is 3.49. The summed E-state index contributed by atoms with van der Waals surface area (Å²) in [7, 11) is 2.08. The van der Waals surface area contributed by atoms with Gasteiger partial charge >= 0.3 is 0 Å². The number of nitrogens with zero attached hydrogens (tertiary/aromatic N) is 1. The molecule has 0 amide bonds. The first-order valence-corrected chi connectivity index (χ1v) is 6.25. The zero-order valence-electron chi connectivity index (χ0n) is 9.46. The number of para-hydroxylation sites is 1. The van der Waals surface area contributed by atoms with Gasteiger partial charge in [0.25, 0.3) is 5.01 Å². The van der Waals surface area contributed by atoms with Crippen molar-refractivity contribution in [2.75, 3.05) is 0 Å². The number of fused-ring (bicyclic) bond motifs is 1. The summed E-state index contributed by atoms with van der Waals surface area (Å²) < 4.78 is 8.77. The van der Waals surface area contributed by atoms with E-state index in [0.29, 0.717) is 0 Å². The Morgan fingerprint density at radius 2 is 2.00 bits per heavy atom. The van der Waals surface area contributed by atoms with Crippen molar-refractivity contribution in [3.63, 3.8) is 0 Å². The number of aryl methyl sites for hydroxylation is 1. The van der Waals surface area contributed by atoms with Crippen LogP contribution in [0.5, 0.6) is 0 Å². The largest absolute Gasteiger partial charge is 0.465 e. The minimum Gasteiger partial charge on any atom is -0.465 e. The Morgan fingerprint density at radius 1 is 1.12 bits per heavy atom. The molecule has 0 aliphatic carbocycles. The van der Waals surface area contributed by atoms with Crippen LogP contribution < -0.4 is 4.57 Å². The molecule has 0 aliphatic rings. The van der Waals surface area contributed by atoms with E-state index < -0.39 is 0 Å². The number of rotatable bonds is 2. The van der Waals surface area contributed by atoms with Crippen LogP contribution in [-0.2, 0) is 7.05 Å². The van der Waals surface area contributed by atoms with Gasteiger partial charge in [0.05, 0.1) is 6.26 Å². The van der Waals surface area contributed by atoms with Crippen LogP contribution >= 0.6 is 11.3 Å². The maximum Gasteiger partial charge on any atom is 0.262 e. The van der Waals surface area contributed by atoms with E-state index in [1.165, 1.54) is 15.2 Å². The molecule has 1 aromatic carbocycles. The standard InChI is InChI=1S/C14H12NOS/c1-15-12-6-2-3-7-13(12)17-14(15)9-8-11-5-4-10-16-11/h2-10H,1H3/q+1. The van der Waals surface area contributed by atoms with Gasteiger partial charge in [0.1, 0.15) is 17.5 Å². The minimum atomic E-state index is 0.877. The van der Waals surface area contributed by atoms with E-state index in [4.69, 9.17) is 4.42 Å². The third-order valence-corrected chi connectivity index (χ3v) is 3.89. The molecule has 3 rings (SSSR count). The van der Waals surface area contributed by atoms with E-state index in [2.05, 4.69) is 42.0 Å². The second-order valence-electron chi connectivity index (χ2n) is 3.82. The highest BCUT2D eigenvalue weighted by molar-refractivity contribution is 7.18. The molecule has 0 fully saturated rings. The third-order valence-electron chi connectivity index (χ3n) is 2.71. The van der Waals surface area contributed by atoms with Crippen LogP contribution in [0.1, 0.15) is 10.8 Å². The van der Waals surface area contributed by atoms with Gasteiger partial charge in [0.2, 0.25) is 5.52 Å². The average Bonchev–Trinajstić information content (AvgIpc) is 2.96. The SMILES string of the molecule is C[n+]1c(C=Cc2ccco2)sc2ccccc21. The summed E-state index contributed by atoms with van der Waals surface area (Å²) in [6, 6.07) is 12.3. The molecular weight excluding hydrogens is 230 g/mol. The molecule has 0 saturated heterocycles. The summed E-state index contributed by atoms with van der Waals surface area (Å²) in [5.41, 5.74) is 1.26. The molecule has 2 heterocycles. The quantitative estimate of drug-likeness (QED) is 0.629. The molecule has 0 unspecified atom stereocenters. The average molecular weight is 242 g/mol. The van der Waals surface area contributed by atoms with Gasteiger partial charge in [0.15, 0.2) is 0 Å². The Bertz CT molecular complexity index is 665. The zero-order valence-corrected chi connectivity index (χ0v) is 10.3. The third kappa shape index (κ3) is 1.89. The second-order valence-corrected chi connectivity index (χ2v) is 4.88. The van der Waals surface area contributed by atoms with E-state index in [1.54, 1.807) is 17.6 Å². The summed E-state index contributed by atoms with van der Waals surface area (Å²) in [6.45, 7) is 0. The highest BCUT2D eigenvalue weighted by atomic mass is 32.1. The summed E-state index contributed by atoms with van der Waals surface area (Å²) in [6.07, 6.45) is 5.76. The number of hydrogen-bond acceptors (Lipinski definition) is 2. The molecule has 0 bridgehead atoms. The molecule has 0 saturated carbocycles. The molecule has 0 N–H and O–H groups in total. The van der Waals surface area contributed by atoms with Crippen LogP contribution in [0.25, 0.3) is 22.4 Å². The lowest BCUT2D eigenvalue weighted by molar-refractivity contribution is -0.642. The predicted molar refractivity (Wildman–Crippen MR) is 70.6 cm³/mol. The molecule has 3 heteroatoms. The van der Waals surface area contributed by atoms with Crippen molar-refractivity contribution < 1.29 is 8.98 Å². The Kier molecular flexibility index (Phi) is 2.53. The highest BCUT2D eigenvalue weighted by Gasteiger charge is 2.13. The van der Waals surface area contributed by atoms with Crippen LogP contribution in [0.15, 0.2) is 47.1 Å². The van der Waals surface area contributed by atoms with Gasteiger partial charge < -0.3 is 4.42 Å². The lowest BCUT2D eigenvalue weighted by Crippen LogP contribution is -2.28. The highest BCUT2D eigenvalue weighted by Crippen LogP contribution is 2.21. The Balaban J connectivity index is 2.03. The van der Waals surface area contributed by atoms with Crippen LogP contribution in [0, 0.1) is 0 Å². The fourth-order valence-corrected chi connectivity index (χ4v) is 2.86. The number of benzene rings is 1. The van der Waals surface area contributed by atoms with Crippen molar-refractivity contribution in [2.45, 2.75) is 0 Å². The molecule has 84 valence electrons. The normalized spacial score (nSPS) is 11.6. The monoisotopic (exact) mass is 242 g/mol. The van der Waals surface area contributed by atoms with E-state index in [1.807, 2.05) is 18.2 Å². The fraction of sp³-hybridized carbons (Fsp3) is 0.0714.